The summed E-state index contributed by atoms with van der Waals surface area (Å²) in [4.78, 5) is 9.09. The fourth-order valence-corrected chi connectivity index (χ4v) is 0.411. The Labute approximate surface area is 68.5 Å². The van der Waals surface area contributed by atoms with Crippen LogP contribution in [0.15, 0.2) is 36.0 Å². The van der Waals surface area contributed by atoms with Gasteiger partial charge in [0, 0.05) is 0 Å². The first kappa shape index (κ1) is 10.3. The SMILES string of the molecule is C=C(/C=C(F)\C(O)=C/C)[N+](=O)[O-]. The number of allylic oxidation sites excluding steroid dienone is 3. The van der Waals surface area contributed by atoms with Gasteiger partial charge in [-0.25, -0.2) is 4.39 Å². The van der Waals surface area contributed by atoms with Crippen LogP contribution in [0.25, 0.3) is 0 Å². The van der Waals surface area contributed by atoms with Crippen molar-refractivity contribution in [3.05, 3.63) is 46.1 Å². The molecule has 0 bridgehead atoms. The Kier molecular flexibility index (Phi) is 3.69. The molecule has 0 radical (unpaired) electrons. The fourth-order valence-electron chi connectivity index (χ4n) is 0.411. The molecule has 0 aromatic heterocycles. The van der Waals surface area contributed by atoms with Gasteiger partial charge in [-0.15, -0.1) is 0 Å². The van der Waals surface area contributed by atoms with E-state index in [-0.39, 0.29) is 0 Å². The number of halogens is 1. The van der Waals surface area contributed by atoms with Crippen LogP contribution in [-0.4, -0.2) is 10.0 Å². The maximum atomic E-state index is 12.6. The predicted molar refractivity (Wildman–Crippen MR) is 41.7 cm³/mol. The highest BCUT2D eigenvalue weighted by Crippen LogP contribution is 2.10. The average Bonchev–Trinajstić information content (AvgIpc) is 2.02. The van der Waals surface area contributed by atoms with Crippen molar-refractivity contribution < 1.29 is 14.4 Å². The van der Waals surface area contributed by atoms with Gasteiger partial charge in [-0.3, -0.25) is 10.1 Å². The molecule has 0 atom stereocenters. The summed E-state index contributed by atoms with van der Waals surface area (Å²) in [7, 11) is 0. The molecule has 0 heterocycles. The smallest absolute Gasteiger partial charge is 0.265 e. The lowest BCUT2D eigenvalue weighted by Gasteiger charge is -1.92. The van der Waals surface area contributed by atoms with Crippen LogP contribution in [-0.2, 0) is 0 Å². The number of aliphatic hydroxyl groups excluding tert-OH is 1. The molecule has 0 aliphatic carbocycles. The molecular weight excluding hydrogens is 165 g/mol. The summed E-state index contributed by atoms with van der Waals surface area (Å²) in [5, 5.41) is 18.7. The first-order chi connectivity index (χ1) is 5.49. The number of rotatable bonds is 3. The van der Waals surface area contributed by atoms with E-state index in [0.29, 0.717) is 6.08 Å². The topological polar surface area (TPSA) is 63.4 Å². The van der Waals surface area contributed by atoms with Crippen molar-refractivity contribution in [3.8, 4) is 0 Å². The standard InChI is InChI=1S/C7H8FNO3/c1-3-7(10)6(8)4-5(2)9(11)12/h3-4,10H,2H2,1H3/b6-4+,7-3+. The maximum absolute atomic E-state index is 12.6. The van der Waals surface area contributed by atoms with Crippen molar-refractivity contribution in [2.75, 3.05) is 0 Å². The molecule has 0 saturated carbocycles. The minimum Gasteiger partial charge on any atom is -0.505 e. The van der Waals surface area contributed by atoms with Gasteiger partial charge in [-0.1, -0.05) is 0 Å². The van der Waals surface area contributed by atoms with Crippen LogP contribution in [0.4, 0.5) is 4.39 Å². The minimum absolute atomic E-state index is 0.551. The van der Waals surface area contributed by atoms with Gasteiger partial charge in [0.25, 0.3) is 5.70 Å². The van der Waals surface area contributed by atoms with Gasteiger partial charge in [0.1, 0.15) is 5.76 Å². The van der Waals surface area contributed by atoms with Crippen LogP contribution in [0.3, 0.4) is 0 Å². The maximum Gasteiger partial charge on any atom is 0.265 e. The van der Waals surface area contributed by atoms with E-state index in [1.807, 2.05) is 0 Å². The Bertz CT molecular complexity index is 268. The van der Waals surface area contributed by atoms with Crippen LogP contribution in [0.1, 0.15) is 6.92 Å². The minimum atomic E-state index is -1.07. The number of nitro groups is 1. The van der Waals surface area contributed by atoms with E-state index in [1.54, 1.807) is 0 Å². The molecule has 12 heavy (non-hydrogen) atoms. The van der Waals surface area contributed by atoms with Crippen molar-refractivity contribution >= 4 is 0 Å². The zero-order valence-electron chi connectivity index (χ0n) is 6.45. The number of hydrogen-bond donors (Lipinski definition) is 1. The second-order valence-electron chi connectivity index (χ2n) is 1.91. The molecule has 0 aromatic rings. The molecule has 66 valence electrons. The molecular formula is C7H8FNO3. The number of nitrogens with zero attached hydrogens (tertiary/aromatic N) is 1. The highest BCUT2D eigenvalue weighted by atomic mass is 19.1. The van der Waals surface area contributed by atoms with E-state index < -0.39 is 22.2 Å². The third-order valence-electron chi connectivity index (χ3n) is 1.05. The molecule has 5 heteroatoms. The van der Waals surface area contributed by atoms with Crippen molar-refractivity contribution in [3.63, 3.8) is 0 Å². The largest absolute Gasteiger partial charge is 0.505 e. The second kappa shape index (κ2) is 4.27. The van der Waals surface area contributed by atoms with E-state index in [9.17, 15) is 14.5 Å². The van der Waals surface area contributed by atoms with Gasteiger partial charge >= 0.3 is 0 Å². The van der Waals surface area contributed by atoms with Gasteiger partial charge < -0.3 is 5.11 Å². The van der Waals surface area contributed by atoms with Crippen LogP contribution in [0, 0.1) is 10.1 Å². The van der Waals surface area contributed by atoms with Gasteiger partial charge in [0.15, 0.2) is 5.83 Å². The molecule has 0 aliphatic heterocycles. The Balaban J connectivity index is 4.58. The average molecular weight is 173 g/mol. The normalized spacial score (nSPS) is 12.8. The summed E-state index contributed by atoms with van der Waals surface area (Å²) < 4.78 is 12.6. The lowest BCUT2D eigenvalue weighted by atomic mass is 10.3. The molecule has 0 aromatic carbocycles. The quantitative estimate of drug-likeness (QED) is 0.307. The molecule has 0 aliphatic rings. The molecule has 4 nitrogen and oxygen atoms in total. The summed E-state index contributed by atoms with van der Waals surface area (Å²) in [5.74, 6) is -1.71. The molecule has 1 N–H and O–H groups in total. The predicted octanol–water partition coefficient (Wildman–Crippen LogP) is 2.09. The highest BCUT2D eigenvalue weighted by molar-refractivity contribution is 5.23. The summed E-state index contributed by atoms with van der Waals surface area (Å²) in [6.45, 7) is 4.36. The number of aliphatic hydroxyl groups is 1. The summed E-state index contributed by atoms with van der Waals surface area (Å²) in [6.07, 6.45) is 1.63. The molecule has 0 fully saturated rings. The Morgan fingerprint density at radius 1 is 1.75 bits per heavy atom. The second-order valence-corrected chi connectivity index (χ2v) is 1.91. The van der Waals surface area contributed by atoms with Crippen LogP contribution in [0.5, 0.6) is 0 Å². The molecule has 0 amide bonds. The van der Waals surface area contributed by atoms with Crippen molar-refractivity contribution in [2.24, 2.45) is 0 Å². The van der Waals surface area contributed by atoms with Gasteiger partial charge in [-0.05, 0) is 19.6 Å². The van der Waals surface area contributed by atoms with E-state index in [4.69, 9.17) is 5.11 Å². The van der Waals surface area contributed by atoms with E-state index >= 15 is 0 Å². The number of hydrogen-bond acceptors (Lipinski definition) is 3. The third kappa shape index (κ3) is 2.96. The molecule has 0 rings (SSSR count). The van der Waals surface area contributed by atoms with Crippen molar-refractivity contribution in [2.45, 2.75) is 6.92 Å². The van der Waals surface area contributed by atoms with Gasteiger partial charge in [-0.2, -0.15) is 0 Å². The fraction of sp³-hybridized carbons (Fsp3) is 0.143. The van der Waals surface area contributed by atoms with E-state index in [1.165, 1.54) is 6.92 Å². The Morgan fingerprint density at radius 2 is 2.25 bits per heavy atom. The lowest BCUT2D eigenvalue weighted by molar-refractivity contribution is -0.418. The van der Waals surface area contributed by atoms with E-state index in [0.717, 1.165) is 6.08 Å². The zero-order valence-corrected chi connectivity index (χ0v) is 6.45. The van der Waals surface area contributed by atoms with E-state index in [2.05, 4.69) is 6.58 Å². The third-order valence-corrected chi connectivity index (χ3v) is 1.05. The lowest BCUT2D eigenvalue weighted by Crippen LogP contribution is -1.94. The van der Waals surface area contributed by atoms with Crippen LogP contribution >= 0.6 is 0 Å². The first-order valence-corrected chi connectivity index (χ1v) is 3.05. The Morgan fingerprint density at radius 3 is 2.58 bits per heavy atom. The molecule has 0 saturated heterocycles. The zero-order chi connectivity index (χ0) is 9.72. The first-order valence-electron chi connectivity index (χ1n) is 3.05. The van der Waals surface area contributed by atoms with Crippen LogP contribution < -0.4 is 0 Å². The molecule has 0 unspecified atom stereocenters. The highest BCUT2D eigenvalue weighted by Gasteiger charge is 2.07. The van der Waals surface area contributed by atoms with Crippen molar-refractivity contribution in [1.29, 1.82) is 0 Å². The van der Waals surface area contributed by atoms with Gasteiger partial charge in [0.05, 0.1) is 11.0 Å². The molecule has 0 spiro atoms. The van der Waals surface area contributed by atoms with Gasteiger partial charge in [0.2, 0.25) is 0 Å². The summed E-state index contributed by atoms with van der Waals surface area (Å²) in [6, 6.07) is 0. The Hall–Kier alpha value is -1.65. The monoisotopic (exact) mass is 173 g/mol. The summed E-state index contributed by atoms with van der Waals surface area (Å²) >= 11 is 0. The van der Waals surface area contributed by atoms with Crippen molar-refractivity contribution in [1.82, 2.24) is 0 Å². The summed E-state index contributed by atoms with van der Waals surface area (Å²) in [5.41, 5.74) is -0.610. The van der Waals surface area contributed by atoms with Crippen LogP contribution in [0.2, 0.25) is 0 Å².